The molecule has 36 heavy (non-hydrogen) atoms. The minimum atomic E-state index is -0.650. The largest absolute Gasteiger partial charge is 0.493 e. The Bertz CT molecular complexity index is 1700. The van der Waals surface area contributed by atoms with Gasteiger partial charge >= 0.3 is 5.91 Å². The number of carbonyl (C=O) groups excluding carboxylic acids is 1. The van der Waals surface area contributed by atoms with Crippen LogP contribution in [-0.4, -0.2) is 39.7 Å². The van der Waals surface area contributed by atoms with Gasteiger partial charge in [0.1, 0.15) is 5.82 Å². The number of aromatic hydroxyl groups is 1. The van der Waals surface area contributed by atoms with E-state index in [9.17, 15) is 14.7 Å². The molecular formula is C26H21N5O5. The number of carbonyl (C=O) groups is 1. The molecule has 3 N–H and O–H groups in total. The summed E-state index contributed by atoms with van der Waals surface area (Å²) in [5.74, 6) is 0.201. The maximum Gasteiger partial charge on any atom is 0.302 e. The molecule has 0 saturated carbocycles. The van der Waals surface area contributed by atoms with Crippen molar-refractivity contribution in [3.8, 4) is 28.8 Å². The highest BCUT2D eigenvalue weighted by molar-refractivity contribution is 5.95. The molecule has 1 amide bonds. The maximum absolute atomic E-state index is 12.4. The topological polar surface area (TPSA) is 142 Å². The second kappa shape index (κ2) is 9.34. The molecule has 0 unspecified atom stereocenters. The minimum absolute atomic E-state index is 0.175. The van der Waals surface area contributed by atoms with Crippen molar-refractivity contribution in [2.75, 3.05) is 13.7 Å². The van der Waals surface area contributed by atoms with E-state index >= 15 is 0 Å². The summed E-state index contributed by atoms with van der Waals surface area (Å²) in [6.45, 7) is 1.52. The van der Waals surface area contributed by atoms with Gasteiger partial charge in [-0.05, 0) is 49.4 Å². The van der Waals surface area contributed by atoms with E-state index in [0.717, 1.165) is 5.56 Å². The molecule has 0 fully saturated rings. The number of azo groups is 1. The zero-order valence-electron chi connectivity index (χ0n) is 19.4. The molecule has 2 aromatic heterocycles. The Balaban J connectivity index is 1.33. The first-order valence-corrected chi connectivity index (χ1v) is 11.0. The number of methoxy groups -OCH3 is 1. The summed E-state index contributed by atoms with van der Waals surface area (Å²) in [5.41, 5.74) is 2.78. The Morgan fingerprint density at radius 1 is 1.03 bits per heavy atom. The Hall–Kier alpha value is -4.99. The van der Waals surface area contributed by atoms with Crippen molar-refractivity contribution >= 4 is 33.4 Å². The molecule has 10 heteroatoms. The van der Waals surface area contributed by atoms with Gasteiger partial charge in [-0.2, -0.15) is 0 Å². The number of aromatic amines is 2. The number of hydrogen-bond donors (Lipinski definition) is 3. The molecule has 0 spiro atoms. The van der Waals surface area contributed by atoms with Crippen LogP contribution in [0.3, 0.4) is 0 Å². The minimum Gasteiger partial charge on any atom is -0.493 e. The third-order valence-corrected chi connectivity index (χ3v) is 5.57. The van der Waals surface area contributed by atoms with Crippen LogP contribution in [0, 0.1) is 6.92 Å². The molecule has 2 heterocycles. The van der Waals surface area contributed by atoms with Crippen LogP contribution in [-0.2, 0) is 4.79 Å². The third-order valence-electron chi connectivity index (χ3n) is 5.57. The first kappa shape index (κ1) is 22.8. The molecular weight excluding hydrogens is 462 g/mol. The summed E-state index contributed by atoms with van der Waals surface area (Å²) in [4.78, 5) is 34.8. The van der Waals surface area contributed by atoms with Gasteiger partial charge in [0.25, 0.3) is 5.56 Å². The molecule has 0 saturated heterocycles. The van der Waals surface area contributed by atoms with Crippen LogP contribution < -0.4 is 15.0 Å². The molecule has 5 aromatic rings. The highest BCUT2D eigenvalue weighted by Gasteiger charge is 2.14. The Kier molecular flexibility index (Phi) is 5.91. The lowest BCUT2D eigenvalue weighted by Gasteiger charge is -2.11. The average molecular weight is 483 g/mol. The molecule has 180 valence electrons. The number of H-pyrrole nitrogens is 2. The van der Waals surface area contributed by atoms with E-state index in [4.69, 9.17) is 9.47 Å². The number of fused-ring (bicyclic) bond motifs is 2. The molecule has 0 aliphatic carbocycles. The number of benzene rings is 3. The van der Waals surface area contributed by atoms with Gasteiger partial charge in [-0.25, -0.2) is 4.98 Å². The summed E-state index contributed by atoms with van der Waals surface area (Å²) in [7, 11) is 1.46. The number of nitrogens with one attached hydrogen (secondary N) is 2. The molecule has 0 aliphatic heterocycles. The van der Waals surface area contributed by atoms with Crippen molar-refractivity contribution in [1.82, 2.24) is 15.0 Å². The van der Waals surface area contributed by atoms with E-state index in [1.54, 1.807) is 36.4 Å². The van der Waals surface area contributed by atoms with Crippen LogP contribution in [0.25, 0.3) is 33.2 Å². The van der Waals surface area contributed by atoms with Gasteiger partial charge in [-0.3, -0.25) is 9.59 Å². The first-order valence-electron chi connectivity index (χ1n) is 11.0. The van der Waals surface area contributed by atoms with Crippen LogP contribution in [0.4, 0.5) is 5.69 Å². The van der Waals surface area contributed by atoms with Gasteiger partial charge in [-0.1, -0.05) is 23.8 Å². The van der Waals surface area contributed by atoms with Gasteiger partial charge in [0.2, 0.25) is 5.88 Å². The van der Waals surface area contributed by atoms with Crippen molar-refractivity contribution in [2.45, 2.75) is 6.92 Å². The highest BCUT2D eigenvalue weighted by Crippen LogP contribution is 2.36. The lowest BCUT2D eigenvalue weighted by atomic mass is 10.1. The first-order chi connectivity index (χ1) is 17.4. The zero-order chi connectivity index (χ0) is 25.2. The zero-order valence-corrected chi connectivity index (χ0v) is 19.4. The van der Waals surface area contributed by atoms with Crippen molar-refractivity contribution in [3.05, 3.63) is 76.6 Å². The van der Waals surface area contributed by atoms with E-state index in [1.165, 1.54) is 7.11 Å². The van der Waals surface area contributed by atoms with Gasteiger partial charge in [0, 0.05) is 10.9 Å². The average Bonchev–Trinajstić information content (AvgIpc) is 3.20. The van der Waals surface area contributed by atoms with Crippen molar-refractivity contribution in [1.29, 1.82) is 0 Å². The van der Waals surface area contributed by atoms with Gasteiger partial charge < -0.3 is 24.5 Å². The van der Waals surface area contributed by atoms with Crippen molar-refractivity contribution in [3.63, 3.8) is 0 Å². The smallest absolute Gasteiger partial charge is 0.302 e. The van der Waals surface area contributed by atoms with E-state index in [2.05, 4.69) is 25.2 Å². The number of rotatable bonds is 6. The predicted molar refractivity (Wildman–Crippen MR) is 134 cm³/mol. The number of nitrogens with zero attached hydrogens (tertiary/aromatic N) is 3. The number of hydrogen-bond acceptors (Lipinski definition) is 7. The summed E-state index contributed by atoms with van der Waals surface area (Å²) in [6, 6.07) is 17.6. The fraction of sp³-hybridized carbons (Fsp3) is 0.115. The lowest BCUT2D eigenvalue weighted by Crippen LogP contribution is -2.10. The maximum atomic E-state index is 12.4. The lowest BCUT2D eigenvalue weighted by molar-refractivity contribution is -0.120. The summed E-state index contributed by atoms with van der Waals surface area (Å²) in [5, 5.41) is 18.9. The molecule has 0 bridgehead atoms. The number of ether oxygens (including phenoxy) is 2. The predicted octanol–water partition coefficient (Wildman–Crippen LogP) is 4.78. The van der Waals surface area contributed by atoms with Crippen LogP contribution in [0.5, 0.6) is 17.4 Å². The standard InChI is InChI=1S/C26H21N5O5/c1-14-7-9-19-17(11-14)23(26(34)28-19)31-30-22(32)13-36-20-10-8-15(12-21(20)35-2)24-27-18-6-4-3-5-16(18)25(33)29-24/h3-12,28,34H,13H2,1-2H3,(H,27,29,33). The summed E-state index contributed by atoms with van der Waals surface area (Å²) >= 11 is 0. The van der Waals surface area contributed by atoms with Crippen molar-refractivity contribution in [2.24, 2.45) is 10.2 Å². The second-order valence-electron chi connectivity index (χ2n) is 8.05. The van der Waals surface area contributed by atoms with Crippen LogP contribution >= 0.6 is 0 Å². The Labute approximate surface area is 204 Å². The number of aromatic nitrogens is 3. The van der Waals surface area contributed by atoms with E-state index in [-0.39, 0.29) is 17.1 Å². The Morgan fingerprint density at radius 2 is 1.86 bits per heavy atom. The fourth-order valence-electron chi connectivity index (χ4n) is 3.81. The quantitative estimate of drug-likeness (QED) is 0.297. The number of aryl methyl sites for hydroxylation is 1. The van der Waals surface area contributed by atoms with Crippen LogP contribution in [0.2, 0.25) is 0 Å². The summed E-state index contributed by atoms with van der Waals surface area (Å²) < 4.78 is 11.0. The third kappa shape index (κ3) is 4.39. The van der Waals surface area contributed by atoms with E-state index in [0.29, 0.717) is 44.7 Å². The highest BCUT2D eigenvalue weighted by atomic mass is 16.5. The molecule has 10 nitrogen and oxygen atoms in total. The number of para-hydroxylation sites is 1. The molecule has 0 aliphatic rings. The second-order valence-corrected chi connectivity index (χ2v) is 8.05. The normalized spacial score (nSPS) is 11.4. The molecule has 0 atom stereocenters. The number of amides is 1. The van der Waals surface area contributed by atoms with Crippen LogP contribution in [0.1, 0.15) is 5.56 Å². The molecule has 5 rings (SSSR count). The summed E-state index contributed by atoms with van der Waals surface area (Å²) in [6.07, 6.45) is 0. The van der Waals surface area contributed by atoms with E-state index < -0.39 is 12.5 Å². The van der Waals surface area contributed by atoms with Gasteiger partial charge in [0.05, 0.1) is 23.5 Å². The molecule has 0 radical (unpaired) electrons. The van der Waals surface area contributed by atoms with Gasteiger partial charge in [0.15, 0.2) is 23.8 Å². The van der Waals surface area contributed by atoms with Gasteiger partial charge in [-0.15, -0.1) is 10.2 Å². The monoisotopic (exact) mass is 483 g/mol. The fourth-order valence-corrected chi connectivity index (χ4v) is 3.81. The SMILES string of the molecule is COc1cc(-c2nc3ccccc3c(=O)[nH]2)ccc1OCC(=O)N=Nc1c(O)[nH]c2ccc(C)cc12. The van der Waals surface area contributed by atoms with Crippen LogP contribution in [0.15, 0.2) is 75.7 Å². The Morgan fingerprint density at radius 3 is 2.69 bits per heavy atom. The van der Waals surface area contributed by atoms with Crippen molar-refractivity contribution < 1.29 is 19.4 Å². The van der Waals surface area contributed by atoms with E-state index in [1.807, 2.05) is 31.2 Å². The molecule has 3 aromatic carbocycles.